The van der Waals surface area contributed by atoms with Crippen molar-refractivity contribution in [1.82, 2.24) is 15.8 Å². The maximum atomic E-state index is 13.2. The summed E-state index contributed by atoms with van der Waals surface area (Å²) in [6, 6.07) is 7.27. The van der Waals surface area contributed by atoms with Gasteiger partial charge in [-0.3, -0.25) is 20.4 Å². The summed E-state index contributed by atoms with van der Waals surface area (Å²) in [4.78, 5) is 32.2. The van der Waals surface area contributed by atoms with Crippen molar-refractivity contribution in [2.24, 2.45) is 0 Å². The van der Waals surface area contributed by atoms with E-state index in [4.69, 9.17) is 21.1 Å². The van der Waals surface area contributed by atoms with Gasteiger partial charge < -0.3 is 14.4 Å². The number of rotatable bonds is 4. The Labute approximate surface area is 183 Å². The van der Waals surface area contributed by atoms with Crippen LogP contribution >= 0.6 is 22.9 Å². The molecule has 0 aliphatic carbocycles. The fourth-order valence-corrected chi connectivity index (χ4v) is 4.77. The second-order valence-corrected chi connectivity index (χ2v) is 8.50. The number of hydrazine groups is 1. The summed E-state index contributed by atoms with van der Waals surface area (Å²) in [7, 11) is 0. The molecule has 8 nitrogen and oxygen atoms in total. The van der Waals surface area contributed by atoms with E-state index in [1.165, 1.54) is 11.3 Å². The van der Waals surface area contributed by atoms with Crippen LogP contribution in [-0.2, 0) is 19.7 Å². The molecule has 2 fully saturated rings. The first-order valence-corrected chi connectivity index (χ1v) is 11.1. The van der Waals surface area contributed by atoms with Crippen molar-refractivity contribution in [3.63, 3.8) is 0 Å². The molecule has 0 unspecified atom stereocenters. The number of amides is 2. The van der Waals surface area contributed by atoms with Crippen LogP contribution in [0.1, 0.15) is 28.9 Å². The van der Waals surface area contributed by atoms with Gasteiger partial charge in [-0.1, -0.05) is 23.7 Å². The van der Waals surface area contributed by atoms with E-state index in [2.05, 4.69) is 20.7 Å². The van der Waals surface area contributed by atoms with Gasteiger partial charge in [0.1, 0.15) is 5.69 Å². The predicted octanol–water partition coefficient (Wildman–Crippen LogP) is 2.14. The van der Waals surface area contributed by atoms with Crippen molar-refractivity contribution in [2.45, 2.75) is 18.3 Å². The average Bonchev–Trinajstić information content (AvgIpc) is 3.29. The van der Waals surface area contributed by atoms with Crippen LogP contribution in [0.25, 0.3) is 0 Å². The number of anilines is 1. The molecule has 2 N–H and O–H groups in total. The molecule has 0 atom stereocenters. The van der Waals surface area contributed by atoms with Gasteiger partial charge in [0, 0.05) is 36.7 Å². The average molecular weight is 451 g/mol. The number of nitrogens with one attached hydrogen (secondary N) is 2. The third-order valence-electron chi connectivity index (χ3n) is 5.45. The van der Waals surface area contributed by atoms with Crippen LogP contribution in [0.15, 0.2) is 29.6 Å². The minimum absolute atomic E-state index is 0.269. The van der Waals surface area contributed by atoms with Gasteiger partial charge in [0.25, 0.3) is 5.91 Å². The molecule has 2 aliphatic rings. The highest BCUT2D eigenvalue weighted by atomic mass is 35.5. The van der Waals surface area contributed by atoms with Gasteiger partial charge in [0.05, 0.1) is 18.6 Å². The maximum Gasteiger partial charge on any atom is 0.289 e. The Bertz CT molecular complexity index is 910. The Morgan fingerprint density at radius 2 is 1.83 bits per heavy atom. The van der Waals surface area contributed by atoms with Crippen LogP contribution in [0.2, 0.25) is 5.02 Å². The quantitative estimate of drug-likeness (QED) is 0.693. The molecule has 3 heterocycles. The minimum atomic E-state index is -0.808. The number of ether oxygens (including phenoxy) is 2. The molecule has 4 rings (SSSR count). The van der Waals surface area contributed by atoms with E-state index in [9.17, 15) is 9.59 Å². The van der Waals surface area contributed by atoms with Crippen molar-refractivity contribution in [3.8, 4) is 0 Å². The van der Waals surface area contributed by atoms with Gasteiger partial charge in [-0.05, 0) is 30.5 Å². The first kappa shape index (κ1) is 21.0. The van der Waals surface area contributed by atoms with Gasteiger partial charge >= 0.3 is 0 Å². The molecule has 0 saturated carbocycles. The summed E-state index contributed by atoms with van der Waals surface area (Å²) >= 11 is 7.55. The van der Waals surface area contributed by atoms with Crippen LogP contribution in [0, 0.1) is 0 Å². The molecule has 160 valence electrons. The molecule has 2 saturated heterocycles. The van der Waals surface area contributed by atoms with Gasteiger partial charge in [0.15, 0.2) is 5.13 Å². The Balaban J connectivity index is 1.43. The number of carbonyl (C=O) groups is 2. The van der Waals surface area contributed by atoms with E-state index < -0.39 is 11.3 Å². The number of carbonyl (C=O) groups excluding carboxylic acids is 2. The van der Waals surface area contributed by atoms with Gasteiger partial charge in [0.2, 0.25) is 5.91 Å². The molecule has 2 amide bonds. The molecule has 0 bridgehead atoms. The van der Waals surface area contributed by atoms with Crippen LogP contribution in [0.3, 0.4) is 0 Å². The van der Waals surface area contributed by atoms with Crippen molar-refractivity contribution in [3.05, 3.63) is 45.9 Å². The van der Waals surface area contributed by atoms with Crippen molar-refractivity contribution in [1.29, 1.82) is 0 Å². The van der Waals surface area contributed by atoms with E-state index in [1.807, 2.05) is 12.1 Å². The second kappa shape index (κ2) is 9.30. The number of aromatic nitrogens is 1. The molecular formula is C20H23ClN4O4S. The summed E-state index contributed by atoms with van der Waals surface area (Å²) in [5, 5.41) is 3.02. The second-order valence-electron chi connectivity index (χ2n) is 7.23. The summed E-state index contributed by atoms with van der Waals surface area (Å²) < 4.78 is 10.8. The van der Waals surface area contributed by atoms with Gasteiger partial charge in [-0.25, -0.2) is 4.98 Å². The Morgan fingerprint density at radius 1 is 1.10 bits per heavy atom. The van der Waals surface area contributed by atoms with E-state index >= 15 is 0 Å². The third kappa shape index (κ3) is 4.44. The number of nitrogens with zero attached hydrogens (tertiary/aromatic N) is 2. The molecule has 1 aromatic heterocycles. The zero-order chi connectivity index (χ0) is 21.0. The zero-order valence-electron chi connectivity index (χ0n) is 16.4. The summed E-state index contributed by atoms with van der Waals surface area (Å²) in [6.07, 6.45) is 1.01. The summed E-state index contributed by atoms with van der Waals surface area (Å²) in [5.74, 6) is -0.738. The van der Waals surface area contributed by atoms with Crippen LogP contribution in [0.5, 0.6) is 0 Å². The number of hydrogen-bond acceptors (Lipinski definition) is 7. The lowest BCUT2D eigenvalue weighted by Gasteiger charge is -2.36. The molecule has 30 heavy (non-hydrogen) atoms. The highest BCUT2D eigenvalue weighted by molar-refractivity contribution is 7.13. The first-order valence-electron chi connectivity index (χ1n) is 9.81. The molecule has 0 radical (unpaired) electrons. The largest absolute Gasteiger partial charge is 0.381 e. The Morgan fingerprint density at radius 3 is 2.57 bits per heavy atom. The van der Waals surface area contributed by atoms with Crippen LogP contribution < -0.4 is 15.8 Å². The Kier molecular flexibility index (Phi) is 6.52. The van der Waals surface area contributed by atoms with E-state index in [0.717, 1.165) is 23.8 Å². The SMILES string of the molecule is O=C(NNC(=O)C1(c2cccc(Cl)c2)CCOCC1)c1csc(N2CCOCC2)n1. The summed E-state index contributed by atoms with van der Waals surface area (Å²) in [5.41, 5.74) is 5.38. The van der Waals surface area contributed by atoms with Crippen molar-refractivity contribution < 1.29 is 19.1 Å². The highest BCUT2D eigenvalue weighted by Crippen LogP contribution is 2.36. The molecule has 10 heteroatoms. The standard InChI is InChI=1S/C20H23ClN4O4S/c21-15-3-1-2-14(12-15)20(4-8-28-9-5-20)18(27)24-23-17(26)16-13-30-19(22-16)25-6-10-29-11-7-25/h1-3,12-13H,4-11H2,(H,23,26)(H,24,27). The van der Waals surface area contributed by atoms with Gasteiger partial charge in [-0.15, -0.1) is 11.3 Å². The molecule has 0 spiro atoms. The predicted molar refractivity (Wildman–Crippen MR) is 114 cm³/mol. The summed E-state index contributed by atoms with van der Waals surface area (Å²) in [6.45, 7) is 3.70. The normalized spacial score (nSPS) is 18.6. The van der Waals surface area contributed by atoms with Crippen LogP contribution in [0.4, 0.5) is 5.13 Å². The molecule has 2 aliphatic heterocycles. The fraction of sp³-hybridized carbons (Fsp3) is 0.450. The van der Waals surface area contributed by atoms with Gasteiger partial charge in [-0.2, -0.15) is 0 Å². The highest BCUT2D eigenvalue weighted by Gasteiger charge is 2.42. The van der Waals surface area contributed by atoms with Crippen molar-refractivity contribution in [2.75, 3.05) is 44.4 Å². The van der Waals surface area contributed by atoms with Crippen molar-refractivity contribution >= 4 is 39.9 Å². The number of hydrogen-bond donors (Lipinski definition) is 2. The Hall–Kier alpha value is -2.20. The molecular weight excluding hydrogens is 428 g/mol. The fourth-order valence-electron chi connectivity index (χ4n) is 3.72. The molecule has 1 aromatic carbocycles. The van der Waals surface area contributed by atoms with Crippen LogP contribution in [-0.4, -0.2) is 56.3 Å². The lowest BCUT2D eigenvalue weighted by atomic mass is 9.73. The lowest BCUT2D eigenvalue weighted by molar-refractivity contribution is -0.131. The number of benzene rings is 1. The first-order chi connectivity index (χ1) is 14.6. The maximum absolute atomic E-state index is 13.2. The smallest absolute Gasteiger partial charge is 0.289 e. The monoisotopic (exact) mass is 450 g/mol. The van der Waals surface area contributed by atoms with E-state index in [0.29, 0.717) is 44.3 Å². The number of morpholine rings is 1. The van der Waals surface area contributed by atoms with E-state index in [1.54, 1.807) is 17.5 Å². The number of halogens is 1. The number of thiazole rings is 1. The lowest BCUT2D eigenvalue weighted by Crippen LogP contribution is -2.53. The topological polar surface area (TPSA) is 92.8 Å². The molecule has 2 aromatic rings. The minimum Gasteiger partial charge on any atom is -0.381 e. The third-order valence-corrected chi connectivity index (χ3v) is 6.59. The van der Waals surface area contributed by atoms with E-state index in [-0.39, 0.29) is 11.6 Å². The zero-order valence-corrected chi connectivity index (χ0v) is 17.9.